The number of amides is 4. The van der Waals surface area contributed by atoms with E-state index in [1.54, 1.807) is 4.90 Å². The van der Waals surface area contributed by atoms with Crippen LogP contribution in [0.3, 0.4) is 0 Å². The summed E-state index contributed by atoms with van der Waals surface area (Å²) >= 11 is 11.7. The molecule has 4 amide bonds. The number of carbonyl (C=O) groups is 4. The van der Waals surface area contributed by atoms with Crippen molar-refractivity contribution in [3.05, 3.63) is 63.4 Å². The SMILES string of the molecule is NCCC(NC(=O)C1Cc2ccccc2CN1C(=O)CCC(=O)N1CCCCC1)C(=O)Nc1ccc(Cl)c(Cl)c1F. The average molecular weight is 607 g/mol. The quantitative estimate of drug-likeness (QED) is 0.376. The third kappa shape index (κ3) is 7.55. The lowest BCUT2D eigenvalue weighted by Gasteiger charge is -2.37. The molecular formula is C29H34Cl2FN5O4. The molecule has 4 rings (SSSR count). The van der Waals surface area contributed by atoms with Gasteiger partial charge in [0.1, 0.15) is 12.1 Å². The van der Waals surface area contributed by atoms with E-state index in [1.807, 2.05) is 24.3 Å². The van der Waals surface area contributed by atoms with Gasteiger partial charge in [0.15, 0.2) is 5.82 Å². The zero-order chi connectivity index (χ0) is 29.5. The normalized spacial score (nSPS) is 17.4. The number of rotatable bonds is 9. The molecule has 2 atom stereocenters. The van der Waals surface area contributed by atoms with Gasteiger partial charge in [0.05, 0.1) is 15.7 Å². The first-order chi connectivity index (χ1) is 19.7. The molecule has 12 heteroatoms. The zero-order valence-electron chi connectivity index (χ0n) is 22.6. The lowest BCUT2D eigenvalue weighted by molar-refractivity contribution is -0.144. The summed E-state index contributed by atoms with van der Waals surface area (Å²) in [6.07, 6.45) is 3.37. The van der Waals surface area contributed by atoms with Crippen LogP contribution in [0.5, 0.6) is 0 Å². The second-order valence-corrected chi connectivity index (χ2v) is 11.1. The van der Waals surface area contributed by atoms with Crippen molar-refractivity contribution in [2.75, 3.05) is 25.0 Å². The van der Waals surface area contributed by atoms with Gasteiger partial charge < -0.3 is 26.2 Å². The van der Waals surface area contributed by atoms with Crippen LogP contribution in [0, 0.1) is 5.82 Å². The molecule has 2 aliphatic rings. The number of fused-ring (bicyclic) bond motifs is 1. The summed E-state index contributed by atoms with van der Waals surface area (Å²) in [4.78, 5) is 56.0. The zero-order valence-corrected chi connectivity index (χ0v) is 24.1. The Morgan fingerprint density at radius 3 is 2.37 bits per heavy atom. The first-order valence-electron chi connectivity index (χ1n) is 13.8. The van der Waals surface area contributed by atoms with Crippen molar-refractivity contribution in [2.24, 2.45) is 5.73 Å². The highest BCUT2D eigenvalue weighted by atomic mass is 35.5. The molecule has 41 heavy (non-hydrogen) atoms. The number of halogens is 3. The predicted molar refractivity (Wildman–Crippen MR) is 155 cm³/mol. The van der Waals surface area contributed by atoms with Crippen LogP contribution < -0.4 is 16.4 Å². The van der Waals surface area contributed by atoms with Gasteiger partial charge in [-0.1, -0.05) is 47.5 Å². The maximum Gasteiger partial charge on any atom is 0.247 e. The van der Waals surface area contributed by atoms with Crippen LogP contribution in [0.2, 0.25) is 10.0 Å². The van der Waals surface area contributed by atoms with Gasteiger partial charge >= 0.3 is 0 Å². The van der Waals surface area contributed by atoms with Gasteiger partial charge in [-0.2, -0.15) is 0 Å². The molecule has 1 fully saturated rings. The summed E-state index contributed by atoms with van der Waals surface area (Å²) in [6.45, 7) is 1.67. The molecule has 2 unspecified atom stereocenters. The Balaban J connectivity index is 1.48. The van der Waals surface area contributed by atoms with E-state index in [4.69, 9.17) is 28.9 Å². The van der Waals surface area contributed by atoms with Crippen molar-refractivity contribution in [3.8, 4) is 0 Å². The van der Waals surface area contributed by atoms with Crippen LogP contribution in [0.1, 0.15) is 49.7 Å². The third-order valence-corrected chi connectivity index (χ3v) is 8.30. The molecule has 0 aliphatic carbocycles. The fourth-order valence-corrected chi connectivity index (χ4v) is 5.53. The molecule has 0 aromatic heterocycles. The number of hydrogen-bond donors (Lipinski definition) is 3. The summed E-state index contributed by atoms with van der Waals surface area (Å²) < 4.78 is 14.5. The Morgan fingerprint density at radius 2 is 1.66 bits per heavy atom. The number of benzene rings is 2. The van der Waals surface area contributed by atoms with E-state index >= 15 is 0 Å². The van der Waals surface area contributed by atoms with Crippen molar-refractivity contribution >= 4 is 52.5 Å². The van der Waals surface area contributed by atoms with Gasteiger partial charge in [-0.15, -0.1) is 0 Å². The molecular weight excluding hydrogens is 572 g/mol. The Labute approximate surface area is 248 Å². The lowest BCUT2D eigenvalue weighted by atomic mass is 9.92. The number of nitrogens with one attached hydrogen (secondary N) is 2. The summed E-state index contributed by atoms with van der Waals surface area (Å²) in [7, 11) is 0. The van der Waals surface area contributed by atoms with E-state index in [2.05, 4.69) is 10.6 Å². The van der Waals surface area contributed by atoms with Crippen LogP contribution in [0.15, 0.2) is 36.4 Å². The van der Waals surface area contributed by atoms with E-state index in [1.165, 1.54) is 17.0 Å². The topological polar surface area (TPSA) is 125 Å². The van der Waals surface area contributed by atoms with Crippen LogP contribution in [-0.4, -0.2) is 65.1 Å². The minimum absolute atomic E-state index is 0.00561. The van der Waals surface area contributed by atoms with Crippen LogP contribution >= 0.6 is 23.2 Å². The molecule has 2 aromatic carbocycles. The number of likely N-dealkylation sites (tertiary alicyclic amines) is 1. The molecule has 0 saturated carbocycles. The standard InChI is InChI=1S/C29H34Cl2FN5O4/c30-20-8-9-21(27(32)26(20)31)34-28(40)22(12-13-33)35-29(41)23-16-18-6-2-3-7-19(18)17-37(23)25(39)11-10-24(38)36-14-4-1-5-15-36/h2-3,6-9,22-23H,1,4-5,10-17,33H2,(H,34,40)(H,35,41). The Bertz CT molecular complexity index is 1300. The molecule has 0 spiro atoms. The fourth-order valence-electron chi connectivity index (χ4n) is 5.22. The molecule has 2 aromatic rings. The van der Waals surface area contributed by atoms with Gasteiger partial charge in [0, 0.05) is 38.9 Å². The van der Waals surface area contributed by atoms with E-state index in [-0.39, 0.29) is 66.3 Å². The summed E-state index contributed by atoms with van der Waals surface area (Å²) in [5.74, 6) is -2.51. The predicted octanol–water partition coefficient (Wildman–Crippen LogP) is 3.65. The van der Waals surface area contributed by atoms with Crippen molar-refractivity contribution in [1.29, 1.82) is 0 Å². The molecule has 220 valence electrons. The van der Waals surface area contributed by atoms with Gasteiger partial charge in [0.2, 0.25) is 23.6 Å². The van der Waals surface area contributed by atoms with Gasteiger partial charge in [0.25, 0.3) is 0 Å². The van der Waals surface area contributed by atoms with Gasteiger partial charge in [-0.3, -0.25) is 19.2 Å². The van der Waals surface area contributed by atoms with Gasteiger partial charge in [-0.25, -0.2) is 4.39 Å². The first-order valence-corrected chi connectivity index (χ1v) is 14.5. The Morgan fingerprint density at radius 1 is 0.976 bits per heavy atom. The number of nitrogens with two attached hydrogens (primary N) is 1. The highest BCUT2D eigenvalue weighted by Gasteiger charge is 2.36. The van der Waals surface area contributed by atoms with E-state index < -0.39 is 29.7 Å². The minimum Gasteiger partial charge on any atom is -0.343 e. The molecule has 4 N–H and O–H groups in total. The maximum absolute atomic E-state index is 14.5. The van der Waals surface area contributed by atoms with Crippen molar-refractivity contribution in [1.82, 2.24) is 15.1 Å². The number of nitrogens with zero attached hydrogens (tertiary/aromatic N) is 2. The highest BCUT2D eigenvalue weighted by Crippen LogP contribution is 2.30. The molecule has 1 saturated heterocycles. The average Bonchev–Trinajstić information content (AvgIpc) is 2.99. The Kier molecular flexibility index (Phi) is 10.6. The van der Waals surface area contributed by atoms with Crippen molar-refractivity contribution in [3.63, 3.8) is 0 Å². The summed E-state index contributed by atoms with van der Waals surface area (Å²) in [5.41, 5.74) is 7.35. The molecule has 0 radical (unpaired) electrons. The van der Waals surface area contributed by atoms with Crippen LogP contribution in [0.25, 0.3) is 0 Å². The smallest absolute Gasteiger partial charge is 0.247 e. The van der Waals surface area contributed by atoms with Crippen LogP contribution in [0.4, 0.5) is 10.1 Å². The number of piperidine rings is 1. The van der Waals surface area contributed by atoms with Crippen molar-refractivity contribution < 1.29 is 23.6 Å². The fraction of sp³-hybridized carbons (Fsp3) is 0.448. The number of carbonyl (C=O) groups excluding carboxylic acids is 4. The van der Waals surface area contributed by atoms with E-state index in [0.717, 1.165) is 30.4 Å². The number of anilines is 1. The highest BCUT2D eigenvalue weighted by molar-refractivity contribution is 6.42. The lowest BCUT2D eigenvalue weighted by Crippen LogP contribution is -2.56. The third-order valence-electron chi connectivity index (χ3n) is 7.51. The largest absolute Gasteiger partial charge is 0.343 e. The first kappa shape index (κ1) is 30.7. The second-order valence-electron chi connectivity index (χ2n) is 10.3. The molecule has 2 aliphatic heterocycles. The Hall–Kier alpha value is -3.21. The monoisotopic (exact) mass is 605 g/mol. The van der Waals surface area contributed by atoms with Gasteiger partial charge in [-0.05, 0) is 55.5 Å². The molecule has 9 nitrogen and oxygen atoms in total. The molecule has 2 heterocycles. The maximum atomic E-state index is 14.5. The second kappa shape index (κ2) is 14.1. The van der Waals surface area contributed by atoms with E-state index in [0.29, 0.717) is 13.1 Å². The summed E-state index contributed by atoms with van der Waals surface area (Å²) in [5, 5.41) is 4.80. The van der Waals surface area contributed by atoms with Crippen molar-refractivity contribution in [2.45, 2.75) is 63.6 Å². The summed E-state index contributed by atoms with van der Waals surface area (Å²) in [6, 6.07) is 8.14. The minimum atomic E-state index is -1.10. The van der Waals surface area contributed by atoms with E-state index in [9.17, 15) is 23.6 Å². The molecule has 0 bridgehead atoms. The van der Waals surface area contributed by atoms with Crippen LogP contribution in [-0.2, 0) is 32.1 Å². The number of hydrogen-bond acceptors (Lipinski definition) is 5.